The Balaban J connectivity index is 1.62. The van der Waals surface area contributed by atoms with E-state index in [0.29, 0.717) is 17.4 Å². The molecule has 19 heavy (non-hydrogen) atoms. The Morgan fingerprint density at radius 1 is 1.37 bits per heavy atom. The standard InChI is InChI=1S/C12H16N6O/c13-11-7-10(16-17-11)12(19)18-5-2-8(3-6-18)9-1-4-14-15-9/h1,4,7-8H,2-3,5-6H2,(H,14,15)(H3,13,16,17). The van der Waals surface area contributed by atoms with Crippen molar-refractivity contribution >= 4 is 11.7 Å². The Hall–Kier alpha value is -2.31. The van der Waals surface area contributed by atoms with Gasteiger partial charge in [0.25, 0.3) is 5.91 Å². The van der Waals surface area contributed by atoms with Gasteiger partial charge in [-0.2, -0.15) is 10.2 Å². The quantitative estimate of drug-likeness (QED) is 0.740. The second-order valence-corrected chi connectivity index (χ2v) is 4.78. The van der Waals surface area contributed by atoms with Gasteiger partial charge in [0, 0.05) is 37.0 Å². The number of likely N-dealkylation sites (tertiary alicyclic amines) is 1. The van der Waals surface area contributed by atoms with Crippen molar-refractivity contribution < 1.29 is 4.79 Å². The highest BCUT2D eigenvalue weighted by Gasteiger charge is 2.25. The van der Waals surface area contributed by atoms with Crippen molar-refractivity contribution in [1.29, 1.82) is 0 Å². The largest absolute Gasteiger partial charge is 0.382 e. The van der Waals surface area contributed by atoms with Gasteiger partial charge in [0.05, 0.1) is 0 Å². The van der Waals surface area contributed by atoms with E-state index in [4.69, 9.17) is 5.73 Å². The van der Waals surface area contributed by atoms with Crippen molar-refractivity contribution in [1.82, 2.24) is 25.3 Å². The maximum absolute atomic E-state index is 12.2. The second kappa shape index (κ2) is 4.75. The second-order valence-electron chi connectivity index (χ2n) is 4.78. The third kappa shape index (κ3) is 2.31. The van der Waals surface area contributed by atoms with Crippen molar-refractivity contribution in [2.45, 2.75) is 18.8 Å². The van der Waals surface area contributed by atoms with E-state index >= 15 is 0 Å². The first-order chi connectivity index (χ1) is 9.24. The van der Waals surface area contributed by atoms with E-state index in [1.54, 1.807) is 12.3 Å². The predicted molar refractivity (Wildman–Crippen MR) is 69.5 cm³/mol. The summed E-state index contributed by atoms with van der Waals surface area (Å²) >= 11 is 0. The van der Waals surface area contributed by atoms with Gasteiger partial charge >= 0.3 is 0 Å². The summed E-state index contributed by atoms with van der Waals surface area (Å²) in [5, 5.41) is 13.4. The van der Waals surface area contributed by atoms with Crippen LogP contribution in [0.2, 0.25) is 0 Å². The smallest absolute Gasteiger partial charge is 0.271 e. The number of amides is 1. The van der Waals surface area contributed by atoms with Crippen molar-refractivity contribution in [3.63, 3.8) is 0 Å². The number of piperidine rings is 1. The summed E-state index contributed by atoms with van der Waals surface area (Å²) in [6.45, 7) is 1.48. The van der Waals surface area contributed by atoms with Crippen molar-refractivity contribution in [3.05, 3.63) is 29.7 Å². The Bertz CT molecular complexity index is 553. The Morgan fingerprint density at radius 3 is 2.74 bits per heavy atom. The number of aromatic nitrogens is 4. The summed E-state index contributed by atoms with van der Waals surface area (Å²) < 4.78 is 0. The van der Waals surface area contributed by atoms with Crippen molar-refractivity contribution in [2.24, 2.45) is 0 Å². The number of hydrogen-bond acceptors (Lipinski definition) is 4. The summed E-state index contributed by atoms with van der Waals surface area (Å²) in [4.78, 5) is 14.0. The number of anilines is 1. The SMILES string of the molecule is Nc1cc(C(=O)N2CCC(c3ccn[nH]3)CC2)[nH]n1. The van der Waals surface area contributed by atoms with Gasteiger partial charge in [-0.05, 0) is 18.9 Å². The molecule has 0 saturated carbocycles. The molecule has 0 aliphatic carbocycles. The molecule has 0 aromatic carbocycles. The molecule has 1 saturated heterocycles. The van der Waals surface area contributed by atoms with Gasteiger partial charge in [-0.1, -0.05) is 0 Å². The topological polar surface area (TPSA) is 104 Å². The van der Waals surface area contributed by atoms with Crippen molar-refractivity contribution in [3.8, 4) is 0 Å². The maximum Gasteiger partial charge on any atom is 0.271 e. The highest BCUT2D eigenvalue weighted by atomic mass is 16.2. The lowest BCUT2D eigenvalue weighted by Gasteiger charge is -2.31. The normalized spacial score (nSPS) is 16.7. The lowest BCUT2D eigenvalue weighted by molar-refractivity contribution is 0.0706. The number of carbonyl (C=O) groups excluding carboxylic acids is 1. The van der Waals surface area contributed by atoms with Crippen LogP contribution in [0.25, 0.3) is 0 Å². The number of H-pyrrole nitrogens is 2. The molecule has 3 rings (SSSR count). The Labute approximate surface area is 110 Å². The molecule has 1 aliphatic heterocycles. The van der Waals surface area contributed by atoms with E-state index in [9.17, 15) is 4.79 Å². The lowest BCUT2D eigenvalue weighted by atomic mass is 9.93. The monoisotopic (exact) mass is 260 g/mol. The van der Waals surface area contributed by atoms with Crippen LogP contribution < -0.4 is 5.73 Å². The summed E-state index contributed by atoms with van der Waals surface area (Å²) in [5.41, 5.74) is 7.11. The molecule has 0 spiro atoms. The molecule has 100 valence electrons. The fraction of sp³-hybridized carbons (Fsp3) is 0.417. The van der Waals surface area contributed by atoms with Crippen molar-refractivity contribution in [2.75, 3.05) is 18.8 Å². The highest BCUT2D eigenvalue weighted by molar-refractivity contribution is 5.93. The van der Waals surface area contributed by atoms with Gasteiger partial charge in [-0.25, -0.2) is 0 Å². The third-order valence-corrected chi connectivity index (χ3v) is 3.57. The first-order valence-corrected chi connectivity index (χ1v) is 6.33. The Kier molecular flexibility index (Phi) is 2.94. The van der Waals surface area contributed by atoms with Crippen LogP contribution in [0.15, 0.2) is 18.3 Å². The zero-order valence-corrected chi connectivity index (χ0v) is 10.5. The van der Waals surface area contributed by atoms with Crippen LogP contribution in [0.5, 0.6) is 0 Å². The van der Waals surface area contributed by atoms with E-state index in [2.05, 4.69) is 20.4 Å². The summed E-state index contributed by atoms with van der Waals surface area (Å²) in [7, 11) is 0. The van der Waals surface area contributed by atoms with E-state index in [1.165, 1.54) is 0 Å². The summed E-state index contributed by atoms with van der Waals surface area (Å²) in [5.74, 6) is 0.765. The maximum atomic E-state index is 12.2. The minimum atomic E-state index is -0.0349. The molecular formula is C12H16N6O. The van der Waals surface area contributed by atoms with E-state index in [1.807, 2.05) is 11.0 Å². The van der Waals surface area contributed by atoms with Gasteiger partial charge in [-0.3, -0.25) is 15.0 Å². The average Bonchev–Trinajstić information content (AvgIpc) is 3.09. The van der Waals surface area contributed by atoms with E-state index in [0.717, 1.165) is 31.6 Å². The molecular weight excluding hydrogens is 244 g/mol. The molecule has 7 heteroatoms. The molecule has 2 aromatic heterocycles. The Morgan fingerprint density at radius 2 is 2.16 bits per heavy atom. The molecule has 0 bridgehead atoms. The zero-order valence-electron chi connectivity index (χ0n) is 10.5. The molecule has 7 nitrogen and oxygen atoms in total. The minimum Gasteiger partial charge on any atom is -0.382 e. The van der Waals surface area contributed by atoms with Crippen LogP contribution in [-0.4, -0.2) is 44.3 Å². The van der Waals surface area contributed by atoms with Crippen LogP contribution in [0.1, 0.15) is 34.9 Å². The number of nitrogens with two attached hydrogens (primary N) is 1. The van der Waals surface area contributed by atoms with E-state index in [-0.39, 0.29) is 5.91 Å². The average molecular weight is 260 g/mol. The van der Waals surface area contributed by atoms with Crippen LogP contribution in [0, 0.1) is 0 Å². The first kappa shape index (κ1) is 11.8. The van der Waals surface area contributed by atoms with Crippen LogP contribution in [-0.2, 0) is 0 Å². The van der Waals surface area contributed by atoms with Crippen LogP contribution >= 0.6 is 0 Å². The molecule has 0 radical (unpaired) electrons. The fourth-order valence-electron chi connectivity index (χ4n) is 2.50. The number of nitrogens with zero attached hydrogens (tertiary/aromatic N) is 3. The first-order valence-electron chi connectivity index (χ1n) is 6.33. The zero-order chi connectivity index (χ0) is 13.2. The lowest BCUT2D eigenvalue weighted by Crippen LogP contribution is -2.38. The number of nitrogen functional groups attached to an aromatic ring is 1. The highest BCUT2D eigenvalue weighted by Crippen LogP contribution is 2.26. The fourth-order valence-corrected chi connectivity index (χ4v) is 2.50. The van der Waals surface area contributed by atoms with Crippen LogP contribution in [0.3, 0.4) is 0 Å². The number of carbonyl (C=O) groups is 1. The molecule has 3 heterocycles. The van der Waals surface area contributed by atoms with Gasteiger partial charge in [-0.15, -0.1) is 0 Å². The number of nitrogens with one attached hydrogen (secondary N) is 2. The molecule has 1 fully saturated rings. The number of rotatable bonds is 2. The minimum absolute atomic E-state index is 0.0349. The van der Waals surface area contributed by atoms with E-state index < -0.39 is 0 Å². The predicted octanol–water partition coefficient (Wildman–Crippen LogP) is 0.735. The summed E-state index contributed by atoms with van der Waals surface area (Å²) in [6.07, 6.45) is 3.65. The molecule has 2 aromatic rings. The third-order valence-electron chi connectivity index (χ3n) is 3.57. The number of aromatic amines is 2. The number of hydrogen-bond donors (Lipinski definition) is 3. The molecule has 0 atom stereocenters. The van der Waals surface area contributed by atoms with Gasteiger partial charge in [0.15, 0.2) is 0 Å². The summed E-state index contributed by atoms with van der Waals surface area (Å²) in [6, 6.07) is 3.57. The molecule has 4 N–H and O–H groups in total. The van der Waals surface area contributed by atoms with Gasteiger partial charge in [0.2, 0.25) is 0 Å². The van der Waals surface area contributed by atoms with Gasteiger partial charge in [0.1, 0.15) is 11.5 Å². The molecule has 0 unspecified atom stereocenters. The molecule has 1 amide bonds. The van der Waals surface area contributed by atoms with Crippen LogP contribution in [0.4, 0.5) is 5.82 Å². The molecule has 1 aliphatic rings. The van der Waals surface area contributed by atoms with Gasteiger partial charge < -0.3 is 10.6 Å².